The summed E-state index contributed by atoms with van der Waals surface area (Å²) in [4.78, 5) is 17.6. The summed E-state index contributed by atoms with van der Waals surface area (Å²) in [7, 11) is 0. The van der Waals surface area contributed by atoms with Gasteiger partial charge in [-0.05, 0) is 27.7 Å². The van der Waals surface area contributed by atoms with E-state index in [4.69, 9.17) is 4.84 Å². The fraction of sp³-hybridized carbons (Fsp3) is 0.923. The van der Waals surface area contributed by atoms with Gasteiger partial charge in [-0.2, -0.15) is 5.06 Å². The Labute approximate surface area is 104 Å². The standard InChI is InChI=1S/C13H25NO3/c1-11(2,16)9-17-14-8-7-10(15)12(3,4)13(14,5)6/h16H,7-9H2,1-6H3. The van der Waals surface area contributed by atoms with E-state index in [1.165, 1.54) is 0 Å². The molecular weight excluding hydrogens is 218 g/mol. The highest BCUT2D eigenvalue weighted by Gasteiger charge is 2.50. The number of hydrogen-bond acceptors (Lipinski definition) is 4. The van der Waals surface area contributed by atoms with E-state index in [0.29, 0.717) is 13.0 Å². The molecular formula is C13H25NO3. The van der Waals surface area contributed by atoms with Crippen LogP contribution in [-0.2, 0) is 9.63 Å². The lowest BCUT2D eigenvalue weighted by atomic mass is 9.68. The Morgan fingerprint density at radius 1 is 1.35 bits per heavy atom. The highest BCUT2D eigenvalue weighted by Crippen LogP contribution is 2.41. The lowest BCUT2D eigenvalue weighted by Gasteiger charge is -2.51. The molecule has 1 N–H and O–H groups in total. The third-order valence-corrected chi connectivity index (χ3v) is 3.97. The predicted molar refractivity (Wildman–Crippen MR) is 66.4 cm³/mol. The highest BCUT2D eigenvalue weighted by atomic mass is 16.7. The Balaban J connectivity index is 2.78. The van der Waals surface area contributed by atoms with Crippen molar-refractivity contribution < 1.29 is 14.7 Å². The van der Waals surface area contributed by atoms with Crippen LogP contribution in [0.4, 0.5) is 0 Å². The average molecular weight is 243 g/mol. The molecule has 1 aliphatic heterocycles. The van der Waals surface area contributed by atoms with Gasteiger partial charge in [0.2, 0.25) is 0 Å². The molecule has 1 heterocycles. The molecule has 0 aromatic carbocycles. The van der Waals surface area contributed by atoms with Gasteiger partial charge in [0, 0.05) is 18.4 Å². The third kappa shape index (κ3) is 2.87. The molecule has 0 spiro atoms. The van der Waals surface area contributed by atoms with Crippen LogP contribution in [0.5, 0.6) is 0 Å². The third-order valence-electron chi connectivity index (χ3n) is 3.97. The summed E-state index contributed by atoms with van der Waals surface area (Å²) in [6.07, 6.45) is 0.502. The summed E-state index contributed by atoms with van der Waals surface area (Å²) in [5.41, 5.74) is -1.67. The van der Waals surface area contributed by atoms with Gasteiger partial charge in [-0.25, -0.2) is 0 Å². The normalized spacial score (nSPS) is 25.0. The minimum absolute atomic E-state index is 0.237. The molecule has 0 atom stereocenters. The van der Waals surface area contributed by atoms with Crippen molar-refractivity contribution in [2.24, 2.45) is 5.41 Å². The molecule has 0 amide bonds. The highest BCUT2D eigenvalue weighted by molar-refractivity contribution is 5.86. The van der Waals surface area contributed by atoms with Crippen LogP contribution in [0.15, 0.2) is 0 Å². The first-order valence-electron chi connectivity index (χ1n) is 6.15. The largest absolute Gasteiger partial charge is 0.388 e. The number of Topliss-reactive ketones (excluding diaryl/α,β-unsaturated/α-hetero) is 1. The topological polar surface area (TPSA) is 49.8 Å². The van der Waals surface area contributed by atoms with Crippen LogP contribution in [0, 0.1) is 5.41 Å². The molecule has 1 rings (SSSR count). The fourth-order valence-electron chi connectivity index (χ4n) is 1.91. The van der Waals surface area contributed by atoms with Crippen molar-refractivity contribution in [3.63, 3.8) is 0 Å². The van der Waals surface area contributed by atoms with Gasteiger partial charge in [0.1, 0.15) is 5.78 Å². The van der Waals surface area contributed by atoms with Gasteiger partial charge in [-0.15, -0.1) is 0 Å². The number of carbonyl (C=O) groups is 1. The maximum Gasteiger partial charge on any atom is 0.141 e. The van der Waals surface area contributed by atoms with Crippen molar-refractivity contribution in [2.45, 2.75) is 59.1 Å². The van der Waals surface area contributed by atoms with E-state index in [-0.39, 0.29) is 17.9 Å². The average Bonchev–Trinajstić information content (AvgIpc) is 2.12. The van der Waals surface area contributed by atoms with Crippen molar-refractivity contribution in [1.82, 2.24) is 5.06 Å². The molecule has 0 bridgehead atoms. The van der Waals surface area contributed by atoms with Crippen LogP contribution in [0.2, 0.25) is 0 Å². The number of nitrogens with zero attached hydrogens (tertiary/aromatic N) is 1. The number of rotatable bonds is 3. The summed E-state index contributed by atoms with van der Waals surface area (Å²) in [6, 6.07) is 0. The molecule has 4 nitrogen and oxygen atoms in total. The van der Waals surface area contributed by atoms with Gasteiger partial charge in [0.25, 0.3) is 0 Å². The van der Waals surface area contributed by atoms with Gasteiger partial charge >= 0.3 is 0 Å². The second-order valence-corrected chi connectivity index (χ2v) is 6.55. The van der Waals surface area contributed by atoms with Crippen molar-refractivity contribution in [3.05, 3.63) is 0 Å². The minimum atomic E-state index is -0.859. The molecule has 17 heavy (non-hydrogen) atoms. The van der Waals surface area contributed by atoms with Crippen molar-refractivity contribution in [1.29, 1.82) is 0 Å². The molecule has 0 aliphatic carbocycles. The zero-order valence-corrected chi connectivity index (χ0v) is 11.8. The molecule has 1 fully saturated rings. The van der Waals surface area contributed by atoms with E-state index >= 15 is 0 Å². The fourth-order valence-corrected chi connectivity index (χ4v) is 1.91. The van der Waals surface area contributed by atoms with E-state index in [0.717, 1.165) is 0 Å². The molecule has 0 radical (unpaired) electrons. The number of carbonyl (C=O) groups excluding carboxylic acids is 1. The second-order valence-electron chi connectivity index (χ2n) is 6.55. The van der Waals surface area contributed by atoms with E-state index in [9.17, 15) is 9.90 Å². The van der Waals surface area contributed by atoms with Gasteiger partial charge < -0.3 is 5.11 Å². The smallest absolute Gasteiger partial charge is 0.141 e. The molecule has 100 valence electrons. The van der Waals surface area contributed by atoms with Gasteiger partial charge in [-0.3, -0.25) is 9.63 Å². The summed E-state index contributed by atoms with van der Waals surface area (Å²) < 4.78 is 0. The van der Waals surface area contributed by atoms with Gasteiger partial charge in [-0.1, -0.05) is 13.8 Å². The number of aliphatic hydroxyl groups is 1. The van der Waals surface area contributed by atoms with Crippen LogP contribution in [0.25, 0.3) is 0 Å². The maximum absolute atomic E-state index is 11.9. The quantitative estimate of drug-likeness (QED) is 0.820. The van der Waals surface area contributed by atoms with Crippen LogP contribution in [-0.4, -0.2) is 40.2 Å². The Bertz CT molecular complexity index is 302. The van der Waals surface area contributed by atoms with Crippen molar-refractivity contribution in [3.8, 4) is 0 Å². The zero-order chi connectivity index (χ0) is 13.5. The van der Waals surface area contributed by atoms with E-state index < -0.39 is 11.0 Å². The number of piperidine rings is 1. The number of hydroxylamine groups is 2. The minimum Gasteiger partial charge on any atom is -0.388 e. The van der Waals surface area contributed by atoms with E-state index in [2.05, 4.69) is 0 Å². The number of ketones is 1. The van der Waals surface area contributed by atoms with Crippen LogP contribution < -0.4 is 0 Å². The predicted octanol–water partition coefficient (Wildman–Crippen LogP) is 1.77. The van der Waals surface area contributed by atoms with Gasteiger partial charge in [0.05, 0.1) is 17.7 Å². The summed E-state index contributed by atoms with van der Waals surface area (Å²) in [5, 5.41) is 11.5. The first-order valence-corrected chi connectivity index (χ1v) is 6.15. The lowest BCUT2D eigenvalue weighted by Crippen LogP contribution is -2.61. The molecule has 4 heteroatoms. The Morgan fingerprint density at radius 2 is 1.88 bits per heavy atom. The Kier molecular flexibility index (Phi) is 3.73. The van der Waals surface area contributed by atoms with E-state index in [1.54, 1.807) is 13.8 Å². The number of hydrogen-bond donors (Lipinski definition) is 1. The van der Waals surface area contributed by atoms with Crippen molar-refractivity contribution >= 4 is 5.78 Å². The Morgan fingerprint density at radius 3 is 2.35 bits per heavy atom. The van der Waals surface area contributed by atoms with Crippen LogP contribution in [0.3, 0.4) is 0 Å². The van der Waals surface area contributed by atoms with E-state index in [1.807, 2.05) is 32.8 Å². The molecule has 1 aliphatic rings. The SMILES string of the molecule is CC(C)(O)CON1CCC(=O)C(C)(C)C1(C)C. The molecule has 0 saturated carbocycles. The van der Waals surface area contributed by atoms with Gasteiger partial charge in [0.15, 0.2) is 0 Å². The Hall–Kier alpha value is -0.450. The summed E-state index contributed by atoms with van der Waals surface area (Å²) in [6.45, 7) is 12.2. The molecule has 0 unspecified atom stereocenters. The monoisotopic (exact) mass is 243 g/mol. The molecule has 0 aromatic heterocycles. The summed E-state index contributed by atoms with van der Waals surface area (Å²) in [5.74, 6) is 0.269. The lowest BCUT2D eigenvalue weighted by molar-refractivity contribution is -0.267. The van der Waals surface area contributed by atoms with Crippen molar-refractivity contribution in [2.75, 3.05) is 13.2 Å². The zero-order valence-electron chi connectivity index (χ0n) is 11.8. The first kappa shape index (κ1) is 14.6. The maximum atomic E-state index is 11.9. The summed E-state index contributed by atoms with van der Waals surface area (Å²) >= 11 is 0. The van der Waals surface area contributed by atoms with Crippen LogP contribution in [0.1, 0.15) is 48.0 Å². The molecule has 0 aromatic rings. The van der Waals surface area contributed by atoms with Crippen LogP contribution >= 0.6 is 0 Å². The first-order chi connectivity index (χ1) is 7.48. The second kappa shape index (κ2) is 4.34. The molecule has 1 saturated heterocycles.